The fourth-order valence-corrected chi connectivity index (χ4v) is 7.66. The zero-order chi connectivity index (χ0) is 19.8. The number of hydrogen-bond acceptors (Lipinski definition) is 3. The lowest BCUT2D eigenvalue weighted by molar-refractivity contribution is -0.229. The third kappa shape index (κ3) is 2.80. The number of halogens is 3. The average molecular weight is 388 g/mol. The van der Waals surface area contributed by atoms with Gasteiger partial charge in [-0.15, -0.1) is 0 Å². The van der Waals surface area contributed by atoms with E-state index in [1.54, 1.807) is 0 Å². The first-order valence-corrected chi connectivity index (χ1v) is 10.4. The Morgan fingerprint density at radius 1 is 1.04 bits per heavy atom. The summed E-state index contributed by atoms with van der Waals surface area (Å²) < 4.78 is 39.4. The molecule has 154 valence electrons. The molecule has 0 aromatic heterocycles. The second-order valence-electron chi connectivity index (χ2n) is 10.3. The third-order valence-corrected chi connectivity index (χ3v) is 9.25. The van der Waals surface area contributed by atoms with Crippen molar-refractivity contribution in [3.63, 3.8) is 0 Å². The fraction of sp³-hybridized carbons (Fsp3) is 0.952. The van der Waals surface area contributed by atoms with Crippen molar-refractivity contribution in [3.8, 4) is 0 Å². The van der Waals surface area contributed by atoms with E-state index < -0.39 is 24.0 Å². The van der Waals surface area contributed by atoms with Crippen LogP contribution in [0.15, 0.2) is 0 Å². The van der Waals surface area contributed by atoms with Gasteiger partial charge in [-0.1, -0.05) is 13.8 Å². The SMILES string of the molecule is C[C@]12CC(C(O)C(F)(F)F)C(=O)C[C@@H]1CC[C@@H]1[C@@H]2CC[C@]2(C)[C@@H](O)CC[C@@H]12. The van der Waals surface area contributed by atoms with Crippen LogP contribution in [-0.4, -0.2) is 34.4 Å². The number of carbonyl (C=O) groups is 1. The molecular weight excluding hydrogens is 357 g/mol. The van der Waals surface area contributed by atoms with Crippen LogP contribution in [0, 0.1) is 40.4 Å². The van der Waals surface area contributed by atoms with E-state index in [1.807, 2.05) is 0 Å². The molecule has 0 aromatic carbocycles. The maximum absolute atomic E-state index is 13.1. The molecule has 0 spiro atoms. The Bertz CT molecular complexity index is 620. The van der Waals surface area contributed by atoms with E-state index in [-0.39, 0.29) is 41.6 Å². The predicted molar refractivity (Wildman–Crippen MR) is 93.7 cm³/mol. The first-order valence-electron chi connectivity index (χ1n) is 10.4. The molecule has 4 aliphatic rings. The van der Waals surface area contributed by atoms with Crippen LogP contribution in [0.4, 0.5) is 13.2 Å². The van der Waals surface area contributed by atoms with Crippen LogP contribution in [0.25, 0.3) is 0 Å². The average Bonchev–Trinajstić information content (AvgIpc) is 2.89. The zero-order valence-corrected chi connectivity index (χ0v) is 16.1. The summed E-state index contributed by atoms with van der Waals surface area (Å²) in [5.74, 6) is -0.494. The summed E-state index contributed by atoms with van der Waals surface area (Å²) in [5.41, 5.74) is -0.400. The van der Waals surface area contributed by atoms with Gasteiger partial charge < -0.3 is 10.2 Å². The molecule has 4 aliphatic carbocycles. The van der Waals surface area contributed by atoms with Crippen molar-refractivity contribution in [1.82, 2.24) is 0 Å². The van der Waals surface area contributed by atoms with Crippen LogP contribution in [0.2, 0.25) is 0 Å². The summed E-state index contributed by atoms with van der Waals surface area (Å²) in [6.45, 7) is 4.26. The fourth-order valence-electron chi connectivity index (χ4n) is 7.66. The van der Waals surface area contributed by atoms with Crippen molar-refractivity contribution in [1.29, 1.82) is 0 Å². The van der Waals surface area contributed by atoms with Gasteiger partial charge in [0, 0.05) is 6.42 Å². The molecule has 0 saturated heterocycles. The highest BCUT2D eigenvalue weighted by Gasteiger charge is 2.62. The van der Waals surface area contributed by atoms with Crippen molar-refractivity contribution in [3.05, 3.63) is 0 Å². The largest absolute Gasteiger partial charge is 0.415 e. The van der Waals surface area contributed by atoms with Gasteiger partial charge >= 0.3 is 6.18 Å². The Hall–Kier alpha value is -0.620. The third-order valence-electron chi connectivity index (χ3n) is 9.25. The molecule has 0 aromatic rings. The van der Waals surface area contributed by atoms with Crippen molar-refractivity contribution in [2.45, 2.75) is 83.6 Å². The molecule has 9 atom stereocenters. The van der Waals surface area contributed by atoms with Crippen LogP contribution in [-0.2, 0) is 4.79 Å². The molecule has 0 radical (unpaired) electrons. The summed E-state index contributed by atoms with van der Waals surface area (Å²) >= 11 is 0. The quantitative estimate of drug-likeness (QED) is 0.711. The van der Waals surface area contributed by atoms with E-state index in [0.717, 1.165) is 38.5 Å². The molecule has 4 fully saturated rings. The molecule has 4 rings (SSSR count). The Labute approximate surface area is 158 Å². The number of rotatable bonds is 1. The van der Waals surface area contributed by atoms with Gasteiger partial charge in [-0.25, -0.2) is 0 Å². The molecule has 0 heterocycles. The second-order valence-corrected chi connectivity index (χ2v) is 10.3. The van der Waals surface area contributed by atoms with Crippen LogP contribution in [0.3, 0.4) is 0 Å². The molecule has 2 N–H and O–H groups in total. The van der Waals surface area contributed by atoms with E-state index in [0.29, 0.717) is 11.8 Å². The molecular formula is C21H31F3O3. The zero-order valence-electron chi connectivity index (χ0n) is 16.1. The van der Waals surface area contributed by atoms with Gasteiger partial charge in [0.05, 0.1) is 12.0 Å². The van der Waals surface area contributed by atoms with E-state index >= 15 is 0 Å². The second kappa shape index (κ2) is 6.19. The minimum absolute atomic E-state index is 0.0697. The molecule has 4 saturated carbocycles. The first kappa shape index (κ1) is 19.7. The summed E-state index contributed by atoms with van der Waals surface area (Å²) in [7, 11) is 0. The Kier molecular flexibility index (Phi) is 4.51. The summed E-state index contributed by atoms with van der Waals surface area (Å²) in [5, 5.41) is 20.3. The van der Waals surface area contributed by atoms with Crippen molar-refractivity contribution in [2.75, 3.05) is 0 Å². The van der Waals surface area contributed by atoms with Crippen LogP contribution in [0.1, 0.15) is 65.2 Å². The lowest BCUT2D eigenvalue weighted by Crippen LogP contribution is -2.57. The van der Waals surface area contributed by atoms with Gasteiger partial charge in [-0.05, 0) is 79.4 Å². The molecule has 0 bridgehead atoms. The predicted octanol–water partition coefficient (Wildman–Crippen LogP) is 4.11. The van der Waals surface area contributed by atoms with Gasteiger partial charge in [-0.3, -0.25) is 4.79 Å². The molecule has 6 heteroatoms. The first-order chi connectivity index (χ1) is 12.5. The number of Topliss-reactive ketones (excluding diaryl/α,β-unsaturated/α-hetero) is 1. The van der Waals surface area contributed by atoms with Gasteiger partial charge in [-0.2, -0.15) is 13.2 Å². The van der Waals surface area contributed by atoms with E-state index in [1.165, 1.54) is 0 Å². The lowest BCUT2D eigenvalue weighted by Gasteiger charge is -2.61. The van der Waals surface area contributed by atoms with Crippen LogP contribution >= 0.6 is 0 Å². The summed E-state index contributed by atoms with van der Waals surface area (Å²) in [4.78, 5) is 12.4. The van der Waals surface area contributed by atoms with Crippen molar-refractivity contribution in [2.24, 2.45) is 40.4 Å². The number of aliphatic hydroxyl groups excluding tert-OH is 2. The summed E-state index contributed by atoms with van der Waals surface area (Å²) in [6, 6.07) is 0. The lowest BCUT2D eigenvalue weighted by atomic mass is 9.44. The highest BCUT2D eigenvalue weighted by molar-refractivity contribution is 5.83. The highest BCUT2D eigenvalue weighted by Crippen LogP contribution is 2.66. The molecule has 27 heavy (non-hydrogen) atoms. The monoisotopic (exact) mass is 388 g/mol. The van der Waals surface area contributed by atoms with E-state index in [4.69, 9.17) is 0 Å². The van der Waals surface area contributed by atoms with E-state index in [2.05, 4.69) is 13.8 Å². The molecule has 0 aliphatic heterocycles. The van der Waals surface area contributed by atoms with Gasteiger partial charge in [0.2, 0.25) is 0 Å². The maximum Gasteiger partial charge on any atom is 0.415 e. The van der Waals surface area contributed by atoms with Gasteiger partial charge in [0.25, 0.3) is 0 Å². The number of fused-ring (bicyclic) bond motifs is 5. The maximum atomic E-state index is 13.1. The van der Waals surface area contributed by atoms with E-state index in [9.17, 15) is 28.2 Å². The molecule has 0 amide bonds. The Balaban J connectivity index is 1.62. The summed E-state index contributed by atoms with van der Waals surface area (Å²) in [6.07, 6.45) is -1.76. The van der Waals surface area contributed by atoms with Crippen LogP contribution in [0.5, 0.6) is 0 Å². The number of hydrogen-bond donors (Lipinski definition) is 2. The van der Waals surface area contributed by atoms with Crippen LogP contribution < -0.4 is 0 Å². The number of ketones is 1. The molecule has 2 unspecified atom stereocenters. The Morgan fingerprint density at radius 3 is 2.37 bits per heavy atom. The standard InChI is InChI=1S/C21H31F3O3/c1-19-8-7-15-12(14(19)5-6-17(19)26)4-3-11-9-16(25)13(10-20(11,15)2)18(27)21(22,23)24/h11-15,17-18,26-27H,3-10H2,1-2H3/t11-,12-,13?,14-,15-,17-,18?,19-,20-/m0/s1. The number of aliphatic hydroxyl groups is 2. The van der Waals surface area contributed by atoms with Gasteiger partial charge in [0.15, 0.2) is 6.10 Å². The highest BCUT2D eigenvalue weighted by atomic mass is 19.4. The minimum Gasteiger partial charge on any atom is -0.393 e. The minimum atomic E-state index is -4.75. The number of carbonyl (C=O) groups excluding carboxylic acids is 1. The normalized spacial score (nSPS) is 51.3. The Morgan fingerprint density at radius 2 is 1.70 bits per heavy atom. The number of alkyl halides is 3. The van der Waals surface area contributed by atoms with Crippen molar-refractivity contribution < 1.29 is 28.2 Å². The van der Waals surface area contributed by atoms with Crippen molar-refractivity contribution >= 4 is 5.78 Å². The van der Waals surface area contributed by atoms with Gasteiger partial charge in [0.1, 0.15) is 5.78 Å². The smallest absolute Gasteiger partial charge is 0.393 e. The topological polar surface area (TPSA) is 57.5 Å². The molecule has 3 nitrogen and oxygen atoms in total.